The zero-order chi connectivity index (χ0) is 14.7. The Labute approximate surface area is 114 Å². The van der Waals surface area contributed by atoms with Gasteiger partial charge in [-0.25, -0.2) is 4.98 Å². The van der Waals surface area contributed by atoms with Gasteiger partial charge in [0.25, 0.3) is 5.69 Å². The first kappa shape index (κ1) is 13.7. The first-order valence-corrected chi connectivity index (χ1v) is 5.84. The smallest absolute Gasteiger partial charge is 0.325 e. The number of rotatable bonds is 4. The minimum absolute atomic E-state index is 0.0539. The molecule has 7 heteroatoms. The minimum atomic E-state index is -0.473. The molecule has 1 aromatic carbocycles. The summed E-state index contributed by atoms with van der Waals surface area (Å²) in [4.78, 5) is 27.6. The number of para-hydroxylation sites is 1. The fraction of sp³-hybridized carbons (Fsp3) is 0.231. The number of aromatic nitrogens is 1. The number of carbonyl (C=O) groups is 1. The normalized spacial score (nSPS) is 10.3. The number of esters is 1. The van der Waals surface area contributed by atoms with E-state index in [4.69, 9.17) is 0 Å². The van der Waals surface area contributed by atoms with Crippen molar-refractivity contribution in [2.45, 2.75) is 0 Å². The molecule has 1 heterocycles. The van der Waals surface area contributed by atoms with E-state index in [2.05, 4.69) is 9.72 Å². The molecule has 20 heavy (non-hydrogen) atoms. The summed E-state index contributed by atoms with van der Waals surface area (Å²) in [6.07, 6.45) is 1.48. The Morgan fingerprint density at radius 2 is 2.20 bits per heavy atom. The van der Waals surface area contributed by atoms with Crippen LogP contribution in [0.15, 0.2) is 30.5 Å². The van der Waals surface area contributed by atoms with E-state index in [1.54, 1.807) is 30.1 Å². The number of fused-ring (bicyclic) bond motifs is 1. The molecule has 0 amide bonds. The maximum Gasteiger partial charge on any atom is 0.325 e. The SMILES string of the molecule is COC(=O)CN(C)c1ccnc2c([N+](=O)[O-])cccc12. The molecule has 0 N–H and O–H groups in total. The van der Waals surface area contributed by atoms with Crippen molar-refractivity contribution in [2.24, 2.45) is 0 Å². The van der Waals surface area contributed by atoms with Crippen molar-refractivity contribution >= 4 is 28.2 Å². The van der Waals surface area contributed by atoms with Crippen molar-refractivity contribution in [2.75, 3.05) is 25.6 Å². The van der Waals surface area contributed by atoms with Crippen LogP contribution in [0.5, 0.6) is 0 Å². The van der Waals surface area contributed by atoms with Crippen molar-refractivity contribution in [3.63, 3.8) is 0 Å². The Bertz CT molecular complexity index is 672. The monoisotopic (exact) mass is 275 g/mol. The maximum atomic E-state index is 11.3. The molecule has 1 aromatic heterocycles. The van der Waals surface area contributed by atoms with Crippen LogP contribution in [0.3, 0.4) is 0 Å². The average Bonchev–Trinajstić information content (AvgIpc) is 2.45. The van der Waals surface area contributed by atoms with Crippen molar-refractivity contribution in [1.82, 2.24) is 4.98 Å². The van der Waals surface area contributed by atoms with E-state index in [0.29, 0.717) is 16.6 Å². The Hall–Kier alpha value is -2.70. The Morgan fingerprint density at radius 3 is 2.85 bits per heavy atom. The number of methoxy groups -OCH3 is 1. The molecule has 0 radical (unpaired) electrons. The van der Waals surface area contributed by atoms with Gasteiger partial charge in [0, 0.05) is 30.4 Å². The summed E-state index contributed by atoms with van der Waals surface area (Å²) in [6.45, 7) is 0.0539. The predicted octanol–water partition coefficient (Wildman–Crippen LogP) is 1.75. The van der Waals surface area contributed by atoms with Gasteiger partial charge in [0.15, 0.2) is 0 Å². The summed E-state index contributed by atoms with van der Waals surface area (Å²) >= 11 is 0. The van der Waals surface area contributed by atoms with Crippen LogP contribution in [0.4, 0.5) is 11.4 Å². The number of hydrogen-bond acceptors (Lipinski definition) is 6. The van der Waals surface area contributed by atoms with Crippen LogP contribution in [-0.4, -0.2) is 36.6 Å². The molecule has 0 bridgehead atoms. The lowest BCUT2D eigenvalue weighted by Gasteiger charge is -2.19. The lowest BCUT2D eigenvalue weighted by molar-refractivity contribution is -0.383. The highest BCUT2D eigenvalue weighted by Crippen LogP contribution is 2.30. The van der Waals surface area contributed by atoms with Gasteiger partial charge in [-0.3, -0.25) is 14.9 Å². The molecule has 0 atom stereocenters. The Balaban J connectivity index is 2.52. The fourth-order valence-electron chi connectivity index (χ4n) is 1.97. The third kappa shape index (κ3) is 2.51. The van der Waals surface area contributed by atoms with Gasteiger partial charge in [-0.1, -0.05) is 12.1 Å². The number of nitro benzene ring substituents is 1. The molecule has 104 valence electrons. The quantitative estimate of drug-likeness (QED) is 0.480. The number of pyridine rings is 1. The molecule has 0 saturated heterocycles. The van der Waals surface area contributed by atoms with E-state index in [-0.39, 0.29) is 18.2 Å². The van der Waals surface area contributed by atoms with Crippen molar-refractivity contribution in [3.05, 3.63) is 40.6 Å². The molecule has 0 spiro atoms. The second-order valence-corrected chi connectivity index (χ2v) is 4.19. The lowest BCUT2D eigenvalue weighted by Crippen LogP contribution is -2.26. The molecule has 0 fully saturated rings. The van der Waals surface area contributed by atoms with Crippen LogP contribution in [0.1, 0.15) is 0 Å². The van der Waals surface area contributed by atoms with Gasteiger partial charge in [-0.2, -0.15) is 0 Å². The van der Waals surface area contributed by atoms with Crippen LogP contribution in [0, 0.1) is 10.1 Å². The summed E-state index contributed by atoms with van der Waals surface area (Å²) in [5.74, 6) is -0.386. The zero-order valence-electron chi connectivity index (χ0n) is 11.1. The maximum absolute atomic E-state index is 11.3. The van der Waals surface area contributed by atoms with E-state index in [9.17, 15) is 14.9 Å². The number of nitrogens with zero attached hydrogens (tertiary/aromatic N) is 3. The highest BCUT2D eigenvalue weighted by atomic mass is 16.6. The number of ether oxygens (including phenoxy) is 1. The fourth-order valence-corrected chi connectivity index (χ4v) is 1.97. The minimum Gasteiger partial charge on any atom is -0.468 e. The van der Waals surface area contributed by atoms with Gasteiger partial charge < -0.3 is 9.64 Å². The number of carbonyl (C=O) groups excluding carboxylic acids is 1. The number of anilines is 1. The van der Waals surface area contributed by atoms with Gasteiger partial charge in [-0.05, 0) is 6.07 Å². The third-order valence-corrected chi connectivity index (χ3v) is 2.93. The standard InChI is InChI=1S/C13H13N3O4/c1-15(8-12(17)20-2)10-6-7-14-13-9(10)4-3-5-11(13)16(18)19/h3-7H,8H2,1-2H3. The molecule has 2 aromatic rings. The van der Waals surface area contributed by atoms with Crippen molar-refractivity contribution in [3.8, 4) is 0 Å². The first-order valence-electron chi connectivity index (χ1n) is 5.84. The number of non-ortho nitro benzene ring substituents is 1. The van der Waals surface area contributed by atoms with Crippen LogP contribution in [0.2, 0.25) is 0 Å². The lowest BCUT2D eigenvalue weighted by atomic mass is 10.1. The first-order chi connectivity index (χ1) is 9.54. The average molecular weight is 275 g/mol. The number of nitro groups is 1. The third-order valence-electron chi connectivity index (χ3n) is 2.93. The summed E-state index contributed by atoms with van der Waals surface area (Å²) in [5.41, 5.74) is 0.923. The van der Waals surface area contributed by atoms with E-state index < -0.39 is 4.92 Å². The van der Waals surface area contributed by atoms with Crippen LogP contribution in [-0.2, 0) is 9.53 Å². The predicted molar refractivity (Wildman–Crippen MR) is 73.7 cm³/mol. The number of benzene rings is 1. The largest absolute Gasteiger partial charge is 0.468 e. The van der Waals surface area contributed by atoms with Crippen LogP contribution >= 0.6 is 0 Å². The molecular weight excluding hydrogens is 262 g/mol. The number of likely N-dealkylation sites (N-methyl/N-ethyl adjacent to an activating group) is 1. The molecule has 0 aliphatic rings. The highest BCUT2D eigenvalue weighted by molar-refractivity contribution is 5.97. The molecule has 0 unspecified atom stereocenters. The Morgan fingerprint density at radius 1 is 1.45 bits per heavy atom. The van der Waals surface area contributed by atoms with Gasteiger partial charge in [0.05, 0.1) is 12.0 Å². The van der Waals surface area contributed by atoms with Crippen molar-refractivity contribution < 1.29 is 14.5 Å². The molecule has 7 nitrogen and oxygen atoms in total. The van der Waals surface area contributed by atoms with Gasteiger partial charge in [0.1, 0.15) is 12.1 Å². The van der Waals surface area contributed by atoms with E-state index in [0.717, 1.165) is 0 Å². The summed E-state index contributed by atoms with van der Waals surface area (Å²) in [5, 5.41) is 11.6. The van der Waals surface area contributed by atoms with Crippen LogP contribution in [0.25, 0.3) is 10.9 Å². The topological polar surface area (TPSA) is 85.6 Å². The van der Waals surface area contributed by atoms with Gasteiger partial charge in [-0.15, -0.1) is 0 Å². The van der Waals surface area contributed by atoms with E-state index >= 15 is 0 Å². The summed E-state index contributed by atoms with van der Waals surface area (Å²) in [7, 11) is 3.02. The Kier molecular flexibility index (Phi) is 3.79. The van der Waals surface area contributed by atoms with Crippen molar-refractivity contribution in [1.29, 1.82) is 0 Å². The molecule has 0 saturated carbocycles. The number of hydrogen-bond donors (Lipinski definition) is 0. The van der Waals surface area contributed by atoms with Gasteiger partial charge in [0.2, 0.25) is 0 Å². The van der Waals surface area contributed by atoms with E-state index in [1.807, 2.05) is 0 Å². The van der Waals surface area contributed by atoms with E-state index in [1.165, 1.54) is 19.4 Å². The summed E-state index contributed by atoms with van der Waals surface area (Å²) < 4.78 is 4.61. The second kappa shape index (κ2) is 5.52. The molecule has 0 aliphatic carbocycles. The van der Waals surface area contributed by atoms with Gasteiger partial charge >= 0.3 is 5.97 Å². The molecule has 0 aliphatic heterocycles. The second-order valence-electron chi connectivity index (χ2n) is 4.19. The van der Waals surface area contributed by atoms with Crippen LogP contribution < -0.4 is 4.90 Å². The highest BCUT2D eigenvalue weighted by Gasteiger charge is 2.17. The molecular formula is C13H13N3O4. The summed E-state index contributed by atoms with van der Waals surface area (Å²) in [6, 6.07) is 6.44. The molecule has 2 rings (SSSR count). The zero-order valence-corrected chi connectivity index (χ0v) is 11.1.